The van der Waals surface area contributed by atoms with Gasteiger partial charge in [0.1, 0.15) is 11.4 Å². The lowest BCUT2D eigenvalue weighted by molar-refractivity contribution is 0.0941. The summed E-state index contributed by atoms with van der Waals surface area (Å²) >= 11 is 6.46. The van der Waals surface area contributed by atoms with Crippen LogP contribution in [-0.2, 0) is 26.1 Å². The maximum absolute atomic E-state index is 13.0. The summed E-state index contributed by atoms with van der Waals surface area (Å²) in [4.78, 5) is 35.0. The van der Waals surface area contributed by atoms with E-state index in [1.807, 2.05) is 67.9 Å². The molecule has 0 aliphatic heterocycles. The van der Waals surface area contributed by atoms with Crippen LogP contribution in [0, 0.1) is 6.92 Å². The van der Waals surface area contributed by atoms with Crippen LogP contribution in [0.2, 0.25) is 5.02 Å². The standard InChI is InChI=1S/C32H31ClN6O2/c1-4-27-23(16-24-19-36-39(5-2)30(24)38-27)18-35-32(41)29-11-7-10-28(37-29)31(40)34-17-21-12-13-26(33)25(15-21)22-9-6-8-20(3)14-22/h6-16,19H,4-5,17-18H2,1-3H3,(H,34,40)(H,35,41). The summed E-state index contributed by atoms with van der Waals surface area (Å²) in [5.74, 6) is -0.742. The highest BCUT2D eigenvalue weighted by Gasteiger charge is 2.15. The quantitative estimate of drug-likeness (QED) is 0.231. The molecule has 9 heteroatoms. The lowest BCUT2D eigenvalue weighted by atomic mass is 10.0. The zero-order valence-corrected chi connectivity index (χ0v) is 24.0. The minimum absolute atomic E-state index is 0.162. The van der Waals surface area contributed by atoms with Gasteiger partial charge in [0.05, 0.1) is 6.20 Å². The Balaban J connectivity index is 1.24. The van der Waals surface area contributed by atoms with Crippen molar-refractivity contribution >= 4 is 34.4 Å². The summed E-state index contributed by atoms with van der Waals surface area (Å²) in [6.45, 7) is 7.40. The van der Waals surface area contributed by atoms with Crippen LogP contribution in [0.4, 0.5) is 0 Å². The third-order valence-electron chi connectivity index (χ3n) is 6.88. The van der Waals surface area contributed by atoms with Gasteiger partial charge in [0.2, 0.25) is 0 Å². The zero-order valence-electron chi connectivity index (χ0n) is 23.2. The molecule has 0 radical (unpaired) electrons. The Bertz CT molecular complexity index is 1750. The largest absolute Gasteiger partial charge is 0.347 e. The van der Waals surface area contributed by atoms with E-state index in [-0.39, 0.29) is 29.7 Å². The van der Waals surface area contributed by atoms with Crippen LogP contribution in [0.25, 0.3) is 22.2 Å². The van der Waals surface area contributed by atoms with Gasteiger partial charge in [-0.15, -0.1) is 0 Å². The van der Waals surface area contributed by atoms with E-state index in [0.717, 1.165) is 57.5 Å². The number of benzene rings is 2. The molecule has 0 aliphatic carbocycles. The Hall–Kier alpha value is -4.56. The van der Waals surface area contributed by atoms with Crippen molar-refractivity contribution in [2.45, 2.75) is 46.8 Å². The monoisotopic (exact) mass is 566 g/mol. The molecule has 2 aromatic carbocycles. The highest BCUT2D eigenvalue weighted by atomic mass is 35.5. The fraction of sp³-hybridized carbons (Fsp3) is 0.219. The van der Waals surface area contributed by atoms with Crippen LogP contribution in [0.1, 0.15) is 57.2 Å². The highest BCUT2D eigenvalue weighted by molar-refractivity contribution is 6.33. The van der Waals surface area contributed by atoms with E-state index < -0.39 is 0 Å². The lowest BCUT2D eigenvalue weighted by Gasteiger charge is -2.11. The first-order valence-electron chi connectivity index (χ1n) is 13.6. The topological polar surface area (TPSA) is 102 Å². The maximum Gasteiger partial charge on any atom is 0.270 e. The molecule has 8 nitrogen and oxygen atoms in total. The minimum Gasteiger partial charge on any atom is -0.347 e. The van der Waals surface area contributed by atoms with Gasteiger partial charge in [0.15, 0.2) is 5.65 Å². The first-order chi connectivity index (χ1) is 19.9. The normalized spacial score (nSPS) is 11.0. The van der Waals surface area contributed by atoms with Gasteiger partial charge in [0, 0.05) is 41.3 Å². The number of pyridine rings is 2. The highest BCUT2D eigenvalue weighted by Crippen LogP contribution is 2.29. The molecule has 3 aromatic heterocycles. The molecule has 0 unspecified atom stereocenters. The van der Waals surface area contributed by atoms with Crippen molar-refractivity contribution in [1.29, 1.82) is 0 Å². The van der Waals surface area contributed by atoms with Gasteiger partial charge < -0.3 is 10.6 Å². The van der Waals surface area contributed by atoms with Crippen molar-refractivity contribution in [2.24, 2.45) is 0 Å². The number of carbonyl (C=O) groups excluding carboxylic acids is 2. The van der Waals surface area contributed by atoms with Crippen LogP contribution in [-0.4, -0.2) is 31.6 Å². The van der Waals surface area contributed by atoms with E-state index >= 15 is 0 Å². The third kappa shape index (κ3) is 6.28. The number of nitrogens with one attached hydrogen (secondary N) is 2. The first-order valence-corrected chi connectivity index (χ1v) is 14.0. The molecular formula is C32H31ClN6O2. The number of fused-ring (bicyclic) bond motifs is 1. The Morgan fingerprint density at radius 2 is 1.61 bits per heavy atom. The fourth-order valence-corrected chi connectivity index (χ4v) is 4.95. The van der Waals surface area contributed by atoms with Gasteiger partial charge in [-0.25, -0.2) is 14.6 Å². The number of rotatable bonds is 9. The Morgan fingerprint density at radius 3 is 2.32 bits per heavy atom. The van der Waals surface area contributed by atoms with Crippen molar-refractivity contribution in [3.05, 3.63) is 112 Å². The molecule has 2 N–H and O–H groups in total. The van der Waals surface area contributed by atoms with Crippen LogP contribution >= 0.6 is 11.6 Å². The number of nitrogens with zero attached hydrogens (tertiary/aromatic N) is 4. The molecule has 0 aliphatic rings. The van der Waals surface area contributed by atoms with Crippen LogP contribution in [0.15, 0.2) is 72.9 Å². The van der Waals surface area contributed by atoms with Crippen molar-refractivity contribution in [1.82, 2.24) is 30.4 Å². The fourth-order valence-electron chi connectivity index (χ4n) is 4.72. The average molecular weight is 567 g/mol. The van der Waals surface area contributed by atoms with E-state index in [0.29, 0.717) is 11.6 Å². The number of amides is 2. The molecule has 0 saturated carbocycles. The van der Waals surface area contributed by atoms with Gasteiger partial charge in [-0.05, 0) is 67.3 Å². The SMILES string of the molecule is CCc1nc2c(cnn2CC)cc1CNC(=O)c1cccc(C(=O)NCc2ccc(Cl)c(-c3cccc(C)c3)c2)n1. The molecule has 3 heterocycles. The number of hydrogen-bond acceptors (Lipinski definition) is 5. The predicted octanol–water partition coefficient (Wildman–Crippen LogP) is 5.90. The second-order valence-corrected chi connectivity index (χ2v) is 10.2. The second-order valence-electron chi connectivity index (χ2n) is 9.78. The molecule has 41 heavy (non-hydrogen) atoms. The summed E-state index contributed by atoms with van der Waals surface area (Å²) in [5, 5.41) is 11.8. The van der Waals surface area contributed by atoms with Crippen molar-refractivity contribution in [3.8, 4) is 11.1 Å². The molecular weight excluding hydrogens is 536 g/mol. The van der Waals surface area contributed by atoms with Gasteiger partial charge in [-0.1, -0.05) is 60.5 Å². The number of carbonyl (C=O) groups is 2. The molecule has 208 valence electrons. The molecule has 5 rings (SSSR count). The van der Waals surface area contributed by atoms with Gasteiger partial charge in [0.25, 0.3) is 11.8 Å². The van der Waals surface area contributed by atoms with E-state index in [2.05, 4.69) is 26.8 Å². The van der Waals surface area contributed by atoms with Gasteiger partial charge in [-0.2, -0.15) is 5.10 Å². The van der Waals surface area contributed by atoms with Crippen LogP contribution in [0.5, 0.6) is 0 Å². The lowest BCUT2D eigenvalue weighted by Crippen LogP contribution is -2.27. The predicted molar refractivity (Wildman–Crippen MR) is 161 cm³/mol. The zero-order chi connectivity index (χ0) is 28.9. The van der Waals surface area contributed by atoms with E-state index in [1.165, 1.54) is 0 Å². The molecule has 0 fully saturated rings. The number of aromatic nitrogens is 4. The molecule has 0 saturated heterocycles. The number of hydrogen-bond donors (Lipinski definition) is 2. The molecule has 2 amide bonds. The summed E-state index contributed by atoms with van der Waals surface area (Å²) in [5.41, 5.74) is 6.94. The van der Waals surface area contributed by atoms with Crippen molar-refractivity contribution < 1.29 is 9.59 Å². The Kier molecular flexibility index (Phi) is 8.40. The van der Waals surface area contributed by atoms with Gasteiger partial charge >= 0.3 is 0 Å². The molecule has 0 spiro atoms. The van der Waals surface area contributed by atoms with Gasteiger partial charge in [-0.3, -0.25) is 9.59 Å². The third-order valence-corrected chi connectivity index (χ3v) is 7.21. The summed E-state index contributed by atoms with van der Waals surface area (Å²) in [6, 6.07) is 20.6. The number of aryl methyl sites for hydroxylation is 3. The summed E-state index contributed by atoms with van der Waals surface area (Å²) < 4.78 is 1.85. The van der Waals surface area contributed by atoms with Crippen LogP contribution in [0.3, 0.4) is 0 Å². The summed E-state index contributed by atoms with van der Waals surface area (Å²) in [7, 11) is 0. The average Bonchev–Trinajstić information content (AvgIpc) is 3.40. The summed E-state index contributed by atoms with van der Waals surface area (Å²) in [6.07, 6.45) is 2.51. The van der Waals surface area contributed by atoms with Crippen molar-refractivity contribution in [2.75, 3.05) is 0 Å². The van der Waals surface area contributed by atoms with Crippen molar-refractivity contribution in [3.63, 3.8) is 0 Å². The first kappa shape index (κ1) is 28.0. The molecule has 0 bridgehead atoms. The second kappa shape index (κ2) is 12.3. The van der Waals surface area contributed by atoms with E-state index in [1.54, 1.807) is 24.4 Å². The number of halogens is 1. The smallest absolute Gasteiger partial charge is 0.270 e. The van der Waals surface area contributed by atoms with E-state index in [4.69, 9.17) is 16.6 Å². The Labute approximate surface area is 243 Å². The van der Waals surface area contributed by atoms with Crippen LogP contribution < -0.4 is 10.6 Å². The molecule has 0 atom stereocenters. The maximum atomic E-state index is 13.0. The molecule has 5 aromatic rings. The minimum atomic E-state index is -0.373. The Morgan fingerprint density at radius 1 is 0.878 bits per heavy atom. The van der Waals surface area contributed by atoms with E-state index in [9.17, 15) is 9.59 Å².